The third-order valence-corrected chi connectivity index (χ3v) is 4.74. The van der Waals surface area contributed by atoms with Crippen LogP contribution in [0.25, 0.3) is 0 Å². The molecule has 136 valence electrons. The Bertz CT molecular complexity index is 503. The Balaban J connectivity index is 4.05. The van der Waals surface area contributed by atoms with Crippen LogP contribution in [0.4, 0.5) is 0 Å². The van der Waals surface area contributed by atoms with Gasteiger partial charge < -0.3 is 19.5 Å². The van der Waals surface area contributed by atoms with Crippen molar-refractivity contribution in [1.29, 1.82) is 0 Å². The maximum absolute atomic E-state index is 11.8. The summed E-state index contributed by atoms with van der Waals surface area (Å²) in [4.78, 5) is 22.6. The molecule has 23 heavy (non-hydrogen) atoms. The molecule has 0 radical (unpaired) electrons. The normalized spacial score (nSPS) is 15.0. The maximum Gasteiger partial charge on any atom is 0.307 e. The second kappa shape index (κ2) is 9.19. The average Bonchev–Trinajstić information content (AvgIpc) is 2.39. The summed E-state index contributed by atoms with van der Waals surface area (Å²) in [5.74, 6) is -2.99. The van der Waals surface area contributed by atoms with Crippen LogP contribution in [-0.2, 0) is 19.7 Å². The SMILES string of the molecule is CC(C(=O)O)C(C)C(=O)NCCC[N+](C)(C)CCCS(=O)(=O)[O-]. The Hall–Kier alpha value is -1.19. The van der Waals surface area contributed by atoms with E-state index in [9.17, 15) is 22.6 Å². The van der Waals surface area contributed by atoms with Crippen molar-refractivity contribution in [2.45, 2.75) is 26.7 Å². The highest BCUT2D eigenvalue weighted by Gasteiger charge is 2.25. The molecular formula is C14H28N2O6S. The molecule has 2 unspecified atom stereocenters. The van der Waals surface area contributed by atoms with E-state index in [0.717, 1.165) is 0 Å². The average molecular weight is 352 g/mol. The molecule has 9 heteroatoms. The summed E-state index contributed by atoms with van der Waals surface area (Å²) in [5.41, 5.74) is 0. The summed E-state index contributed by atoms with van der Waals surface area (Å²) in [5, 5.41) is 11.6. The van der Waals surface area contributed by atoms with Crippen LogP contribution in [0.3, 0.4) is 0 Å². The van der Waals surface area contributed by atoms with Crippen molar-refractivity contribution in [3.8, 4) is 0 Å². The van der Waals surface area contributed by atoms with Crippen LogP contribution in [0.1, 0.15) is 26.7 Å². The van der Waals surface area contributed by atoms with Crippen LogP contribution in [0.2, 0.25) is 0 Å². The van der Waals surface area contributed by atoms with Gasteiger partial charge in [-0.25, -0.2) is 8.42 Å². The Morgan fingerprint density at radius 2 is 1.65 bits per heavy atom. The molecular weight excluding hydrogens is 324 g/mol. The number of amides is 1. The quantitative estimate of drug-likeness (QED) is 0.303. The van der Waals surface area contributed by atoms with Crippen molar-refractivity contribution in [1.82, 2.24) is 5.32 Å². The lowest BCUT2D eigenvalue weighted by molar-refractivity contribution is -0.890. The van der Waals surface area contributed by atoms with E-state index in [1.807, 2.05) is 14.1 Å². The summed E-state index contributed by atoms with van der Waals surface area (Å²) < 4.78 is 32.3. The Morgan fingerprint density at radius 1 is 1.13 bits per heavy atom. The van der Waals surface area contributed by atoms with Gasteiger partial charge in [0.15, 0.2) is 0 Å². The molecule has 0 rings (SSSR count). The van der Waals surface area contributed by atoms with E-state index in [0.29, 0.717) is 37.0 Å². The second-order valence-corrected chi connectivity index (χ2v) is 8.08. The van der Waals surface area contributed by atoms with Gasteiger partial charge >= 0.3 is 5.97 Å². The fraction of sp³-hybridized carbons (Fsp3) is 0.857. The summed E-state index contributed by atoms with van der Waals surface area (Å²) in [7, 11) is -0.323. The zero-order valence-electron chi connectivity index (χ0n) is 14.2. The van der Waals surface area contributed by atoms with Crippen molar-refractivity contribution in [3.63, 3.8) is 0 Å². The lowest BCUT2D eigenvalue weighted by Crippen LogP contribution is -2.43. The molecule has 0 aliphatic heterocycles. The molecule has 0 aliphatic carbocycles. The molecule has 2 N–H and O–H groups in total. The Kier molecular flexibility index (Phi) is 8.71. The highest BCUT2D eigenvalue weighted by molar-refractivity contribution is 7.85. The minimum Gasteiger partial charge on any atom is -0.748 e. The maximum atomic E-state index is 11.8. The van der Waals surface area contributed by atoms with Gasteiger partial charge in [-0.3, -0.25) is 9.59 Å². The smallest absolute Gasteiger partial charge is 0.307 e. The van der Waals surface area contributed by atoms with Crippen LogP contribution in [0.5, 0.6) is 0 Å². The number of carbonyl (C=O) groups is 2. The molecule has 0 saturated heterocycles. The van der Waals surface area contributed by atoms with Gasteiger partial charge in [-0.1, -0.05) is 13.8 Å². The zero-order chi connectivity index (χ0) is 18.3. The fourth-order valence-corrected chi connectivity index (χ4v) is 2.58. The molecule has 0 aromatic heterocycles. The largest absolute Gasteiger partial charge is 0.748 e. The monoisotopic (exact) mass is 352 g/mol. The minimum absolute atomic E-state index is 0.289. The zero-order valence-corrected chi connectivity index (χ0v) is 15.1. The summed E-state index contributed by atoms with van der Waals surface area (Å²) >= 11 is 0. The minimum atomic E-state index is -4.17. The van der Waals surface area contributed by atoms with Crippen molar-refractivity contribution < 1.29 is 32.1 Å². The van der Waals surface area contributed by atoms with Gasteiger partial charge in [0.2, 0.25) is 5.91 Å². The Morgan fingerprint density at radius 3 is 2.13 bits per heavy atom. The fourth-order valence-electron chi connectivity index (χ4n) is 2.10. The van der Waals surface area contributed by atoms with Crippen molar-refractivity contribution in [2.75, 3.05) is 39.5 Å². The van der Waals surface area contributed by atoms with E-state index < -0.39 is 27.9 Å². The van der Waals surface area contributed by atoms with Crippen molar-refractivity contribution in [2.24, 2.45) is 11.8 Å². The van der Waals surface area contributed by atoms with Gasteiger partial charge in [-0.05, 0) is 0 Å². The van der Waals surface area contributed by atoms with Gasteiger partial charge in [-0.2, -0.15) is 0 Å². The number of aliphatic carboxylic acids is 1. The lowest BCUT2D eigenvalue weighted by Gasteiger charge is -2.30. The molecule has 0 saturated carbocycles. The number of carboxylic acid groups (broad SMARTS) is 1. The molecule has 0 heterocycles. The number of carboxylic acids is 1. The van der Waals surface area contributed by atoms with E-state index in [2.05, 4.69) is 5.32 Å². The van der Waals surface area contributed by atoms with Crippen molar-refractivity contribution in [3.05, 3.63) is 0 Å². The standard InChI is InChI=1S/C14H28N2O6S/c1-11(12(2)14(18)19)13(17)15-7-5-8-16(3,4)9-6-10-23(20,21)22/h11-12H,5-10H2,1-4H3,(H2-,15,17,18,19,20,21,22). The van der Waals surface area contributed by atoms with Gasteiger partial charge in [0, 0.05) is 31.1 Å². The predicted octanol–water partition coefficient (Wildman–Crippen LogP) is -0.139. The highest BCUT2D eigenvalue weighted by Crippen LogP contribution is 2.11. The predicted molar refractivity (Wildman–Crippen MR) is 84.6 cm³/mol. The molecule has 0 bridgehead atoms. The lowest BCUT2D eigenvalue weighted by atomic mass is 9.95. The van der Waals surface area contributed by atoms with Gasteiger partial charge in [0.25, 0.3) is 0 Å². The number of nitrogens with zero attached hydrogens (tertiary/aromatic N) is 1. The van der Waals surface area contributed by atoms with Crippen LogP contribution in [0.15, 0.2) is 0 Å². The molecule has 0 fully saturated rings. The van der Waals surface area contributed by atoms with Crippen LogP contribution in [-0.4, -0.2) is 73.9 Å². The number of nitrogens with one attached hydrogen (secondary N) is 1. The van der Waals surface area contributed by atoms with E-state index in [1.54, 1.807) is 6.92 Å². The summed E-state index contributed by atoms with van der Waals surface area (Å²) in [6.45, 7) is 4.77. The van der Waals surface area contributed by atoms with Crippen LogP contribution < -0.4 is 5.32 Å². The van der Waals surface area contributed by atoms with Crippen molar-refractivity contribution >= 4 is 22.0 Å². The van der Waals surface area contributed by atoms with E-state index in [4.69, 9.17) is 5.11 Å². The number of rotatable bonds is 11. The Labute approximate surface area is 138 Å². The number of hydrogen-bond acceptors (Lipinski definition) is 5. The van der Waals surface area contributed by atoms with E-state index >= 15 is 0 Å². The molecule has 2 atom stereocenters. The molecule has 0 aromatic carbocycles. The first-order valence-electron chi connectivity index (χ1n) is 7.62. The first kappa shape index (κ1) is 21.8. The summed E-state index contributed by atoms with van der Waals surface area (Å²) in [6.07, 6.45) is 0.982. The second-order valence-electron chi connectivity index (χ2n) is 6.56. The first-order chi connectivity index (χ1) is 10.4. The number of carbonyl (C=O) groups excluding carboxylic acids is 1. The molecule has 0 aromatic rings. The van der Waals surface area contributed by atoms with Gasteiger partial charge in [-0.15, -0.1) is 0 Å². The van der Waals surface area contributed by atoms with Crippen LogP contribution in [0, 0.1) is 11.8 Å². The molecule has 8 nitrogen and oxygen atoms in total. The first-order valence-corrected chi connectivity index (χ1v) is 9.19. The van der Waals surface area contributed by atoms with Gasteiger partial charge in [0.05, 0.1) is 43.2 Å². The van der Waals surface area contributed by atoms with Gasteiger partial charge in [0.1, 0.15) is 0 Å². The number of quaternary nitrogens is 1. The molecule has 1 amide bonds. The topological polar surface area (TPSA) is 124 Å². The summed E-state index contributed by atoms with van der Waals surface area (Å²) in [6, 6.07) is 0. The van der Waals surface area contributed by atoms with E-state index in [1.165, 1.54) is 6.92 Å². The van der Waals surface area contributed by atoms with Crippen LogP contribution >= 0.6 is 0 Å². The van der Waals surface area contributed by atoms with E-state index in [-0.39, 0.29) is 11.7 Å². The molecule has 0 spiro atoms. The highest BCUT2D eigenvalue weighted by atomic mass is 32.2. The third kappa shape index (κ3) is 10.2. The molecule has 0 aliphatic rings. The number of hydrogen-bond donors (Lipinski definition) is 2. The third-order valence-electron chi connectivity index (χ3n) is 3.95.